The van der Waals surface area contributed by atoms with Crippen LogP contribution in [-0.4, -0.2) is 54.8 Å². The number of morpholine rings is 1. The number of hydrogen-bond donors (Lipinski definition) is 2. The van der Waals surface area contributed by atoms with Gasteiger partial charge in [0.25, 0.3) is 0 Å². The second-order valence-corrected chi connectivity index (χ2v) is 7.83. The van der Waals surface area contributed by atoms with Gasteiger partial charge in [0.15, 0.2) is 5.96 Å². The van der Waals surface area contributed by atoms with Gasteiger partial charge in [-0.05, 0) is 33.6 Å². The minimum absolute atomic E-state index is 0.0733. The molecule has 0 amide bonds. The van der Waals surface area contributed by atoms with Gasteiger partial charge in [-0.3, -0.25) is 9.89 Å². The minimum Gasteiger partial charge on any atom is -0.373 e. The second kappa shape index (κ2) is 7.67. The quantitative estimate of drug-likeness (QED) is 0.463. The van der Waals surface area contributed by atoms with Crippen LogP contribution in [-0.2, 0) is 4.74 Å². The van der Waals surface area contributed by atoms with Crippen molar-refractivity contribution in [1.29, 1.82) is 0 Å². The molecule has 1 heterocycles. The number of nitrogens with one attached hydrogen (secondary N) is 1. The van der Waals surface area contributed by atoms with Crippen LogP contribution >= 0.6 is 0 Å². The van der Waals surface area contributed by atoms with Crippen LogP contribution in [0.25, 0.3) is 0 Å². The third-order valence-electron chi connectivity index (χ3n) is 5.00. The number of nitrogens with zero attached hydrogens (tertiary/aromatic N) is 2. The van der Waals surface area contributed by atoms with E-state index in [-0.39, 0.29) is 11.1 Å². The molecule has 5 heteroatoms. The summed E-state index contributed by atoms with van der Waals surface area (Å²) < 4.78 is 5.90. The molecule has 1 saturated carbocycles. The van der Waals surface area contributed by atoms with E-state index in [1.54, 1.807) is 0 Å². The predicted octanol–water partition coefficient (Wildman–Crippen LogP) is 2.28. The zero-order valence-electron chi connectivity index (χ0n) is 15.2. The van der Waals surface area contributed by atoms with Crippen molar-refractivity contribution in [2.45, 2.75) is 64.0 Å². The Hall–Kier alpha value is -1.07. The first-order valence-electron chi connectivity index (χ1n) is 8.90. The Labute approximate surface area is 141 Å². The molecule has 0 aromatic rings. The van der Waals surface area contributed by atoms with Crippen LogP contribution in [0.1, 0.15) is 52.9 Å². The minimum atomic E-state index is -0.0733. The summed E-state index contributed by atoms with van der Waals surface area (Å²) in [5, 5.41) is 3.14. The van der Waals surface area contributed by atoms with E-state index in [1.807, 2.05) is 6.92 Å². The number of aliphatic imine (C=N–C) groups is 1. The van der Waals surface area contributed by atoms with Crippen molar-refractivity contribution >= 4 is 5.96 Å². The summed E-state index contributed by atoms with van der Waals surface area (Å²) in [6, 6.07) is 0. The van der Waals surface area contributed by atoms with Gasteiger partial charge >= 0.3 is 0 Å². The van der Waals surface area contributed by atoms with E-state index in [4.69, 9.17) is 10.5 Å². The molecule has 0 radical (unpaired) electrons. The average Bonchev–Trinajstić information content (AvgIpc) is 2.51. The van der Waals surface area contributed by atoms with Crippen molar-refractivity contribution in [3.05, 3.63) is 12.2 Å². The van der Waals surface area contributed by atoms with Gasteiger partial charge in [0.05, 0.1) is 18.8 Å². The van der Waals surface area contributed by atoms with Gasteiger partial charge in [0, 0.05) is 25.2 Å². The first-order chi connectivity index (χ1) is 10.8. The van der Waals surface area contributed by atoms with Gasteiger partial charge in [-0.15, -0.1) is 0 Å². The molecule has 0 atom stereocenters. The highest BCUT2D eigenvalue weighted by Crippen LogP contribution is 2.36. The van der Waals surface area contributed by atoms with Crippen molar-refractivity contribution < 1.29 is 4.74 Å². The summed E-state index contributed by atoms with van der Waals surface area (Å²) >= 11 is 0. The summed E-state index contributed by atoms with van der Waals surface area (Å²) in [6.07, 6.45) is 6.32. The zero-order chi connectivity index (χ0) is 16.9. The Bertz CT molecular complexity index is 438. The molecule has 3 N–H and O–H groups in total. The smallest absolute Gasteiger partial charge is 0.188 e. The fourth-order valence-corrected chi connectivity index (χ4v) is 3.74. The maximum Gasteiger partial charge on any atom is 0.188 e. The molecule has 2 fully saturated rings. The molecule has 23 heavy (non-hydrogen) atoms. The summed E-state index contributed by atoms with van der Waals surface area (Å²) in [4.78, 5) is 7.29. The monoisotopic (exact) mass is 322 g/mol. The Kier molecular flexibility index (Phi) is 6.09. The van der Waals surface area contributed by atoms with Crippen LogP contribution in [0.4, 0.5) is 0 Å². The van der Waals surface area contributed by atoms with Crippen molar-refractivity contribution in [2.75, 3.05) is 32.8 Å². The number of ether oxygens (including phenoxy) is 1. The van der Waals surface area contributed by atoms with Crippen molar-refractivity contribution in [3.63, 3.8) is 0 Å². The number of guanidine groups is 1. The molecular formula is C18H34N4O. The zero-order valence-corrected chi connectivity index (χ0v) is 15.2. The Morgan fingerprint density at radius 3 is 2.61 bits per heavy atom. The van der Waals surface area contributed by atoms with Crippen molar-refractivity contribution in [1.82, 2.24) is 10.2 Å². The summed E-state index contributed by atoms with van der Waals surface area (Å²) in [5.74, 6) is 0.533. The first-order valence-corrected chi connectivity index (χ1v) is 8.90. The first kappa shape index (κ1) is 18.3. The molecule has 0 aromatic carbocycles. The van der Waals surface area contributed by atoms with Crippen molar-refractivity contribution in [2.24, 2.45) is 10.7 Å². The highest BCUT2D eigenvalue weighted by Gasteiger charge is 2.42. The molecule has 1 aliphatic carbocycles. The SMILES string of the molecule is C=C(C)CNC(N)=NCC1(N2CCOC(C)(C)C2)CCCCC1. The Balaban J connectivity index is 2.06. The predicted molar refractivity (Wildman–Crippen MR) is 96.7 cm³/mol. The van der Waals surface area contributed by atoms with Gasteiger partial charge in [0.2, 0.25) is 0 Å². The van der Waals surface area contributed by atoms with Crippen LogP contribution in [0.2, 0.25) is 0 Å². The molecule has 5 nitrogen and oxygen atoms in total. The molecule has 1 saturated heterocycles. The molecule has 0 unspecified atom stereocenters. The molecule has 0 spiro atoms. The fourth-order valence-electron chi connectivity index (χ4n) is 3.74. The van der Waals surface area contributed by atoms with E-state index < -0.39 is 0 Å². The molecule has 2 rings (SSSR count). The fraction of sp³-hybridized carbons (Fsp3) is 0.833. The van der Waals surface area contributed by atoms with E-state index in [2.05, 4.69) is 35.6 Å². The summed E-state index contributed by atoms with van der Waals surface area (Å²) in [6.45, 7) is 14.5. The van der Waals surface area contributed by atoms with Crippen LogP contribution in [0.5, 0.6) is 0 Å². The summed E-state index contributed by atoms with van der Waals surface area (Å²) in [5.41, 5.74) is 7.17. The average molecular weight is 322 g/mol. The van der Waals surface area contributed by atoms with E-state index in [0.29, 0.717) is 12.5 Å². The second-order valence-electron chi connectivity index (χ2n) is 7.83. The third kappa shape index (κ3) is 5.21. The van der Waals surface area contributed by atoms with Crippen LogP contribution in [0.3, 0.4) is 0 Å². The molecule has 2 aliphatic rings. The largest absolute Gasteiger partial charge is 0.373 e. The van der Waals surface area contributed by atoms with E-state index in [0.717, 1.165) is 31.8 Å². The molecule has 0 bridgehead atoms. The van der Waals surface area contributed by atoms with E-state index in [1.165, 1.54) is 32.1 Å². The highest BCUT2D eigenvalue weighted by molar-refractivity contribution is 5.78. The van der Waals surface area contributed by atoms with Crippen LogP contribution < -0.4 is 11.1 Å². The van der Waals surface area contributed by atoms with Gasteiger partial charge in [0.1, 0.15) is 0 Å². The van der Waals surface area contributed by atoms with Gasteiger partial charge in [-0.2, -0.15) is 0 Å². The topological polar surface area (TPSA) is 62.9 Å². The van der Waals surface area contributed by atoms with Gasteiger partial charge in [-0.1, -0.05) is 31.4 Å². The number of hydrogen-bond acceptors (Lipinski definition) is 3. The lowest BCUT2D eigenvalue weighted by molar-refractivity contribution is -0.121. The third-order valence-corrected chi connectivity index (χ3v) is 5.00. The molecule has 132 valence electrons. The molecular weight excluding hydrogens is 288 g/mol. The van der Waals surface area contributed by atoms with E-state index >= 15 is 0 Å². The molecule has 1 aliphatic heterocycles. The standard InChI is InChI=1S/C18H34N4O/c1-15(2)12-20-16(19)21-13-18(8-6-5-7-9-18)22-10-11-23-17(3,4)14-22/h1,5-14H2,2-4H3,(H3,19,20,21). The lowest BCUT2D eigenvalue weighted by Crippen LogP contribution is -2.60. The van der Waals surface area contributed by atoms with Gasteiger partial charge < -0.3 is 15.8 Å². The molecule has 0 aromatic heterocycles. The Morgan fingerprint density at radius 2 is 2.00 bits per heavy atom. The van der Waals surface area contributed by atoms with Crippen molar-refractivity contribution in [3.8, 4) is 0 Å². The lowest BCUT2D eigenvalue weighted by atomic mass is 9.79. The maximum absolute atomic E-state index is 6.04. The van der Waals surface area contributed by atoms with Crippen LogP contribution in [0.15, 0.2) is 17.1 Å². The Morgan fingerprint density at radius 1 is 1.30 bits per heavy atom. The van der Waals surface area contributed by atoms with E-state index in [9.17, 15) is 0 Å². The highest BCUT2D eigenvalue weighted by atomic mass is 16.5. The number of nitrogens with two attached hydrogens (primary N) is 1. The maximum atomic E-state index is 6.04. The summed E-state index contributed by atoms with van der Waals surface area (Å²) in [7, 11) is 0. The van der Waals surface area contributed by atoms with Crippen LogP contribution in [0, 0.1) is 0 Å². The lowest BCUT2D eigenvalue weighted by Gasteiger charge is -2.51. The number of rotatable bonds is 5. The normalized spacial score (nSPS) is 25.1. The van der Waals surface area contributed by atoms with Gasteiger partial charge in [-0.25, -0.2) is 0 Å².